The minimum absolute atomic E-state index is 0.00798. The van der Waals surface area contributed by atoms with Gasteiger partial charge < -0.3 is 14.3 Å². The van der Waals surface area contributed by atoms with Crippen LogP contribution in [0.1, 0.15) is 32.0 Å². The highest BCUT2D eigenvalue weighted by Crippen LogP contribution is 2.30. The van der Waals surface area contributed by atoms with E-state index in [2.05, 4.69) is 10.5 Å². The van der Waals surface area contributed by atoms with Crippen LogP contribution in [0.3, 0.4) is 0 Å². The van der Waals surface area contributed by atoms with Crippen LogP contribution in [0, 0.1) is 6.92 Å². The van der Waals surface area contributed by atoms with E-state index in [0.29, 0.717) is 27.7 Å². The van der Waals surface area contributed by atoms with Gasteiger partial charge in [0.1, 0.15) is 11.5 Å². The average Bonchev–Trinajstić information content (AvgIpc) is 3.11. The van der Waals surface area contributed by atoms with Gasteiger partial charge in [0.05, 0.1) is 17.2 Å². The monoisotopic (exact) mass is 381 g/mol. The number of benzene rings is 2. The molecule has 0 radical (unpaired) electrons. The standard InChI is InChI=1S/C20H15ClN2O4/c1-12-2-4-13(5-3-12)19(24)23-22-11-15-7-9-18(27-15)16-10-14(20(25)26)6-8-17(16)21/h2-11H,1H3,(H,23,24)(H,25,26)/p-1/b22-11-. The van der Waals surface area contributed by atoms with Crippen molar-refractivity contribution in [2.24, 2.45) is 5.10 Å². The molecule has 1 N–H and O–H groups in total. The number of halogens is 1. The largest absolute Gasteiger partial charge is 0.545 e. The lowest BCUT2D eigenvalue weighted by molar-refractivity contribution is -0.255. The van der Waals surface area contributed by atoms with Crippen LogP contribution >= 0.6 is 11.6 Å². The Morgan fingerprint density at radius 3 is 2.48 bits per heavy atom. The molecule has 0 unspecified atom stereocenters. The van der Waals surface area contributed by atoms with Crippen molar-refractivity contribution in [3.8, 4) is 11.3 Å². The smallest absolute Gasteiger partial charge is 0.271 e. The Morgan fingerprint density at radius 1 is 1.07 bits per heavy atom. The second kappa shape index (κ2) is 7.88. The van der Waals surface area contributed by atoms with Crippen LogP contribution in [0.4, 0.5) is 0 Å². The lowest BCUT2D eigenvalue weighted by Crippen LogP contribution is -2.22. The maximum absolute atomic E-state index is 12.0. The molecule has 0 aliphatic rings. The molecule has 0 saturated heterocycles. The summed E-state index contributed by atoms with van der Waals surface area (Å²) in [4.78, 5) is 23.0. The second-order valence-electron chi connectivity index (χ2n) is 5.75. The summed E-state index contributed by atoms with van der Waals surface area (Å²) in [5.74, 6) is -0.915. The Morgan fingerprint density at radius 2 is 1.78 bits per heavy atom. The van der Waals surface area contributed by atoms with E-state index >= 15 is 0 Å². The lowest BCUT2D eigenvalue weighted by atomic mass is 10.1. The molecule has 136 valence electrons. The van der Waals surface area contributed by atoms with Crippen LogP contribution in [-0.2, 0) is 0 Å². The van der Waals surface area contributed by atoms with Crippen molar-refractivity contribution in [2.75, 3.05) is 0 Å². The van der Waals surface area contributed by atoms with Gasteiger partial charge >= 0.3 is 0 Å². The fourth-order valence-corrected chi connectivity index (χ4v) is 2.54. The van der Waals surface area contributed by atoms with Gasteiger partial charge in [-0.1, -0.05) is 35.4 Å². The summed E-state index contributed by atoms with van der Waals surface area (Å²) in [5, 5.41) is 15.2. The van der Waals surface area contributed by atoms with Gasteiger partial charge in [0.2, 0.25) is 0 Å². The minimum atomic E-state index is -1.31. The van der Waals surface area contributed by atoms with E-state index in [9.17, 15) is 14.7 Å². The first kappa shape index (κ1) is 18.4. The van der Waals surface area contributed by atoms with E-state index in [0.717, 1.165) is 5.56 Å². The predicted octanol–water partition coefficient (Wildman–Crippen LogP) is 3.04. The van der Waals surface area contributed by atoms with Crippen molar-refractivity contribution in [3.63, 3.8) is 0 Å². The maximum atomic E-state index is 12.0. The lowest BCUT2D eigenvalue weighted by Gasteiger charge is -2.06. The summed E-state index contributed by atoms with van der Waals surface area (Å²) >= 11 is 6.11. The zero-order chi connectivity index (χ0) is 19.4. The average molecular weight is 382 g/mol. The second-order valence-corrected chi connectivity index (χ2v) is 6.16. The van der Waals surface area contributed by atoms with Crippen molar-refractivity contribution in [3.05, 3.63) is 82.1 Å². The number of aromatic carboxylic acids is 1. The molecule has 0 aliphatic heterocycles. The first-order chi connectivity index (χ1) is 12.9. The Bertz CT molecular complexity index is 1020. The number of carboxylic acids is 1. The number of rotatable bonds is 5. The Hall–Kier alpha value is -3.38. The highest BCUT2D eigenvalue weighted by Gasteiger charge is 2.10. The summed E-state index contributed by atoms with van der Waals surface area (Å²) in [6.07, 6.45) is 1.34. The number of nitrogens with one attached hydrogen (secondary N) is 1. The number of hydrazone groups is 1. The zero-order valence-corrected chi connectivity index (χ0v) is 15.0. The van der Waals surface area contributed by atoms with E-state index < -0.39 is 5.97 Å². The molecule has 0 atom stereocenters. The summed E-state index contributed by atoms with van der Waals surface area (Å²) in [6.45, 7) is 1.93. The van der Waals surface area contributed by atoms with Gasteiger partial charge in [-0.2, -0.15) is 5.10 Å². The minimum Gasteiger partial charge on any atom is -0.545 e. The molecule has 7 heteroatoms. The summed E-state index contributed by atoms with van der Waals surface area (Å²) < 4.78 is 5.59. The molecule has 1 heterocycles. The number of amides is 1. The van der Waals surface area contributed by atoms with Gasteiger partial charge in [-0.05, 0) is 48.9 Å². The third kappa shape index (κ3) is 4.43. The molecule has 0 aliphatic carbocycles. The quantitative estimate of drug-likeness (QED) is 0.542. The van der Waals surface area contributed by atoms with E-state index in [-0.39, 0.29) is 11.5 Å². The first-order valence-corrected chi connectivity index (χ1v) is 8.33. The number of carbonyl (C=O) groups is 2. The Kier molecular flexibility index (Phi) is 5.38. The van der Waals surface area contributed by atoms with Gasteiger partial charge in [-0.3, -0.25) is 4.79 Å². The maximum Gasteiger partial charge on any atom is 0.271 e. The molecule has 0 bridgehead atoms. The molecule has 3 rings (SSSR count). The predicted molar refractivity (Wildman–Crippen MR) is 99.7 cm³/mol. The van der Waals surface area contributed by atoms with Crippen LogP contribution in [0.15, 0.2) is 64.1 Å². The van der Waals surface area contributed by atoms with Gasteiger partial charge in [-0.25, -0.2) is 5.43 Å². The molecule has 1 aromatic heterocycles. The summed E-state index contributed by atoms with van der Waals surface area (Å²) in [6, 6.07) is 14.5. The van der Waals surface area contributed by atoms with E-state index in [4.69, 9.17) is 16.0 Å². The number of carboxylic acid groups (broad SMARTS) is 1. The van der Waals surface area contributed by atoms with Crippen molar-refractivity contribution in [2.45, 2.75) is 6.92 Å². The van der Waals surface area contributed by atoms with Crippen LogP contribution < -0.4 is 10.5 Å². The summed E-state index contributed by atoms with van der Waals surface area (Å²) in [7, 11) is 0. The number of furan rings is 1. The number of hydrogen-bond donors (Lipinski definition) is 1. The summed E-state index contributed by atoms with van der Waals surface area (Å²) in [5.41, 5.74) is 4.36. The molecule has 0 saturated carbocycles. The molecular formula is C20H14ClN2O4-. The van der Waals surface area contributed by atoms with Crippen molar-refractivity contribution in [1.82, 2.24) is 5.43 Å². The van der Waals surface area contributed by atoms with Gasteiger partial charge in [0.15, 0.2) is 0 Å². The Labute approximate surface area is 160 Å². The number of carbonyl (C=O) groups excluding carboxylic acids is 2. The fourth-order valence-electron chi connectivity index (χ4n) is 2.33. The highest BCUT2D eigenvalue weighted by atomic mass is 35.5. The number of hydrogen-bond acceptors (Lipinski definition) is 5. The first-order valence-electron chi connectivity index (χ1n) is 7.95. The number of nitrogens with zero attached hydrogens (tertiary/aromatic N) is 1. The van der Waals surface area contributed by atoms with Crippen molar-refractivity contribution in [1.29, 1.82) is 0 Å². The topological polar surface area (TPSA) is 94.7 Å². The van der Waals surface area contributed by atoms with Crippen molar-refractivity contribution < 1.29 is 19.1 Å². The highest BCUT2D eigenvalue weighted by molar-refractivity contribution is 6.33. The van der Waals surface area contributed by atoms with E-state index in [1.165, 1.54) is 24.4 Å². The number of aryl methyl sites for hydroxylation is 1. The SMILES string of the molecule is Cc1ccc(C(=O)N/N=C\c2ccc(-c3cc(C(=O)[O-])ccc3Cl)o2)cc1. The van der Waals surface area contributed by atoms with Crippen LogP contribution in [0.25, 0.3) is 11.3 Å². The van der Waals surface area contributed by atoms with Crippen LogP contribution in [0.5, 0.6) is 0 Å². The molecule has 2 aromatic carbocycles. The third-order valence-electron chi connectivity index (χ3n) is 3.77. The van der Waals surface area contributed by atoms with E-state index in [1.54, 1.807) is 24.3 Å². The van der Waals surface area contributed by atoms with Gasteiger partial charge in [0.25, 0.3) is 5.91 Å². The van der Waals surface area contributed by atoms with E-state index in [1.807, 2.05) is 19.1 Å². The molecule has 1 amide bonds. The Balaban J connectivity index is 1.72. The fraction of sp³-hybridized carbons (Fsp3) is 0.0500. The molecule has 0 fully saturated rings. The van der Waals surface area contributed by atoms with Gasteiger partial charge in [-0.15, -0.1) is 0 Å². The molecule has 27 heavy (non-hydrogen) atoms. The molecule has 0 spiro atoms. The van der Waals surface area contributed by atoms with Crippen LogP contribution in [-0.4, -0.2) is 18.1 Å². The molecule has 6 nitrogen and oxygen atoms in total. The van der Waals surface area contributed by atoms with Crippen molar-refractivity contribution >= 4 is 29.7 Å². The molecule has 3 aromatic rings. The van der Waals surface area contributed by atoms with Crippen LogP contribution in [0.2, 0.25) is 5.02 Å². The zero-order valence-electron chi connectivity index (χ0n) is 14.2. The third-order valence-corrected chi connectivity index (χ3v) is 4.10. The normalized spacial score (nSPS) is 10.9. The molecular weight excluding hydrogens is 368 g/mol. The van der Waals surface area contributed by atoms with Gasteiger partial charge in [0, 0.05) is 11.1 Å².